The van der Waals surface area contributed by atoms with E-state index < -0.39 is 0 Å². The van der Waals surface area contributed by atoms with Gasteiger partial charge in [-0.25, -0.2) is 0 Å². The van der Waals surface area contributed by atoms with Crippen molar-refractivity contribution in [3.05, 3.63) is 65.2 Å². The summed E-state index contributed by atoms with van der Waals surface area (Å²) >= 11 is 7.39. The first-order valence-corrected chi connectivity index (χ1v) is 11.3. The van der Waals surface area contributed by atoms with Crippen molar-refractivity contribution in [2.45, 2.75) is 11.7 Å². The van der Waals surface area contributed by atoms with Gasteiger partial charge in [-0.1, -0.05) is 53.7 Å². The highest BCUT2D eigenvalue weighted by atomic mass is 35.5. The largest absolute Gasteiger partial charge is 0.339 e. The Kier molecular flexibility index (Phi) is 6.72. The summed E-state index contributed by atoms with van der Waals surface area (Å²) in [7, 11) is 1.92. The molecule has 0 unspecified atom stereocenters. The second-order valence-electron chi connectivity index (χ2n) is 7.30. The summed E-state index contributed by atoms with van der Waals surface area (Å²) < 4.78 is 1.92. The minimum atomic E-state index is 0.149. The fourth-order valence-electron chi connectivity index (χ4n) is 3.51. The summed E-state index contributed by atoms with van der Waals surface area (Å²) in [5.41, 5.74) is 2.26. The first kappa shape index (κ1) is 20.9. The lowest BCUT2D eigenvalue weighted by Crippen LogP contribution is -2.48. The summed E-state index contributed by atoms with van der Waals surface area (Å²) in [4.78, 5) is 17.0. The van der Waals surface area contributed by atoms with E-state index in [0.29, 0.717) is 10.8 Å². The molecule has 30 heavy (non-hydrogen) atoms. The maximum Gasteiger partial charge on any atom is 0.233 e. The summed E-state index contributed by atoms with van der Waals surface area (Å²) in [6.45, 7) is 4.26. The van der Waals surface area contributed by atoms with Gasteiger partial charge in [0.2, 0.25) is 5.91 Å². The molecule has 4 rings (SSSR count). The van der Waals surface area contributed by atoms with Crippen LogP contribution in [0.3, 0.4) is 0 Å². The Morgan fingerprint density at radius 2 is 1.70 bits per heavy atom. The minimum absolute atomic E-state index is 0.149. The number of nitrogens with zero attached hydrogens (tertiary/aromatic N) is 5. The molecule has 8 heteroatoms. The van der Waals surface area contributed by atoms with Gasteiger partial charge >= 0.3 is 0 Å². The van der Waals surface area contributed by atoms with E-state index in [1.165, 1.54) is 17.3 Å². The molecule has 0 atom stereocenters. The van der Waals surface area contributed by atoms with Crippen molar-refractivity contribution in [2.75, 3.05) is 31.9 Å². The van der Waals surface area contributed by atoms with E-state index in [0.717, 1.165) is 49.3 Å². The van der Waals surface area contributed by atoms with Gasteiger partial charge in [0.25, 0.3) is 0 Å². The van der Waals surface area contributed by atoms with Crippen LogP contribution in [0.2, 0.25) is 5.02 Å². The molecule has 1 aliphatic rings. The van der Waals surface area contributed by atoms with Crippen molar-refractivity contribution in [3.63, 3.8) is 0 Å². The van der Waals surface area contributed by atoms with Crippen LogP contribution in [0.4, 0.5) is 0 Å². The van der Waals surface area contributed by atoms with Crippen LogP contribution in [0.5, 0.6) is 0 Å². The normalized spacial score (nSPS) is 14.8. The molecule has 2 aromatic carbocycles. The molecule has 1 amide bonds. The number of benzene rings is 2. The Hall–Kier alpha value is -2.35. The third-order valence-corrected chi connectivity index (χ3v) is 6.49. The highest BCUT2D eigenvalue weighted by Crippen LogP contribution is 2.24. The van der Waals surface area contributed by atoms with Crippen LogP contribution in [-0.4, -0.2) is 62.4 Å². The van der Waals surface area contributed by atoms with E-state index in [2.05, 4.69) is 39.4 Å². The zero-order chi connectivity index (χ0) is 20.9. The molecular formula is C22H24ClN5OS. The first-order chi connectivity index (χ1) is 14.6. The van der Waals surface area contributed by atoms with Gasteiger partial charge in [0, 0.05) is 50.4 Å². The van der Waals surface area contributed by atoms with Gasteiger partial charge in [-0.05, 0) is 29.8 Å². The molecule has 3 aromatic rings. The third kappa shape index (κ3) is 5.03. The summed E-state index contributed by atoms with van der Waals surface area (Å²) in [5, 5.41) is 9.95. The molecule has 1 aromatic heterocycles. The van der Waals surface area contributed by atoms with Gasteiger partial charge in [-0.15, -0.1) is 10.2 Å². The molecule has 0 N–H and O–H groups in total. The van der Waals surface area contributed by atoms with Crippen LogP contribution >= 0.6 is 23.4 Å². The molecule has 0 radical (unpaired) electrons. The minimum Gasteiger partial charge on any atom is -0.339 e. The Labute approximate surface area is 185 Å². The standard InChI is InChI=1S/C22H24ClN5OS/c1-26-21(18-7-9-19(23)10-8-18)24-25-22(26)30-16-20(29)28-13-11-27(12-14-28)15-17-5-3-2-4-6-17/h2-10H,11-16H2,1H3. The lowest BCUT2D eigenvalue weighted by molar-refractivity contribution is -0.130. The van der Waals surface area contributed by atoms with Crippen molar-refractivity contribution in [2.24, 2.45) is 7.05 Å². The summed E-state index contributed by atoms with van der Waals surface area (Å²) in [6.07, 6.45) is 0. The Morgan fingerprint density at radius 3 is 2.40 bits per heavy atom. The van der Waals surface area contributed by atoms with Crippen LogP contribution in [0.15, 0.2) is 59.8 Å². The third-order valence-electron chi connectivity index (χ3n) is 5.24. The van der Waals surface area contributed by atoms with Crippen molar-refractivity contribution in [1.82, 2.24) is 24.6 Å². The molecule has 1 fully saturated rings. The van der Waals surface area contributed by atoms with E-state index in [1.54, 1.807) is 0 Å². The number of rotatable bonds is 6. The Balaban J connectivity index is 1.28. The molecule has 6 nitrogen and oxygen atoms in total. The molecule has 0 spiro atoms. The van der Waals surface area contributed by atoms with Crippen LogP contribution in [-0.2, 0) is 18.4 Å². The number of aromatic nitrogens is 3. The maximum absolute atomic E-state index is 12.7. The van der Waals surface area contributed by atoms with E-state index >= 15 is 0 Å². The highest BCUT2D eigenvalue weighted by Gasteiger charge is 2.22. The highest BCUT2D eigenvalue weighted by molar-refractivity contribution is 7.99. The van der Waals surface area contributed by atoms with E-state index in [1.807, 2.05) is 46.8 Å². The van der Waals surface area contributed by atoms with Crippen LogP contribution in [0.1, 0.15) is 5.56 Å². The van der Waals surface area contributed by atoms with Crippen LogP contribution in [0.25, 0.3) is 11.4 Å². The average Bonchev–Trinajstić information content (AvgIpc) is 3.14. The fraction of sp³-hybridized carbons (Fsp3) is 0.318. The SMILES string of the molecule is Cn1c(SCC(=O)N2CCN(Cc3ccccc3)CC2)nnc1-c1ccc(Cl)cc1. The number of carbonyl (C=O) groups is 1. The number of piperazine rings is 1. The van der Waals surface area contributed by atoms with Crippen molar-refractivity contribution < 1.29 is 4.79 Å². The average molecular weight is 442 g/mol. The second-order valence-corrected chi connectivity index (χ2v) is 8.68. The van der Waals surface area contributed by atoms with Crippen LogP contribution < -0.4 is 0 Å². The summed E-state index contributed by atoms with van der Waals surface area (Å²) in [6, 6.07) is 18.0. The van der Waals surface area contributed by atoms with Gasteiger partial charge in [-0.2, -0.15) is 0 Å². The fourth-order valence-corrected chi connectivity index (χ4v) is 4.45. The van der Waals surface area contributed by atoms with Gasteiger partial charge in [0.15, 0.2) is 11.0 Å². The van der Waals surface area contributed by atoms with Crippen molar-refractivity contribution in [1.29, 1.82) is 0 Å². The van der Waals surface area contributed by atoms with Crippen molar-refractivity contribution in [3.8, 4) is 11.4 Å². The quantitative estimate of drug-likeness (QED) is 0.547. The topological polar surface area (TPSA) is 54.3 Å². The van der Waals surface area contributed by atoms with Crippen molar-refractivity contribution >= 4 is 29.3 Å². The van der Waals surface area contributed by atoms with Gasteiger partial charge in [0.1, 0.15) is 0 Å². The zero-order valence-corrected chi connectivity index (χ0v) is 18.4. The van der Waals surface area contributed by atoms with E-state index in [4.69, 9.17) is 11.6 Å². The molecule has 0 aliphatic carbocycles. The number of hydrogen-bond donors (Lipinski definition) is 0. The number of thioether (sulfide) groups is 1. The lowest BCUT2D eigenvalue weighted by Gasteiger charge is -2.34. The number of carbonyl (C=O) groups excluding carboxylic acids is 1. The van der Waals surface area contributed by atoms with Gasteiger partial charge < -0.3 is 9.47 Å². The number of halogens is 1. The molecule has 0 bridgehead atoms. The maximum atomic E-state index is 12.7. The van der Waals surface area contributed by atoms with Gasteiger partial charge in [-0.3, -0.25) is 9.69 Å². The molecule has 156 valence electrons. The monoisotopic (exact) mass is 441 g/mol. The number of amides is 1. The molecule has 1 saturated heterocycles. The van der Waals surface area contributed by atoms with E-state index in [-0.39, 0.29) is 5.91 Å². The second kappa shape index (κ2) is 9.64. The summed E-state index contributed by atoms with van der Waals surface area (Å²) in [5.74, 6) is 1.28. The van der Waals surface area contributed by atoms with Crippen LogP contribution in [0, 0.1) is 0 Å². The molecular weight excluding hydrogens is 418 g/mol. The predicted molar refractivity (Wildman–Crippen MR) is 120 cm³/mol. The van der Waals surface area contributed by atoms with Gasteiger partial charge in [0.05, 0.1) is 5.75 Å². The molecule has 2 heterocycles. The first-order valence-electron chi connectivity index (χ1n) is 9.92. The van der Waals surface area contributed by atoms with E-state index in [9.17, 15) is 4.79 Å². The number of hydrogen-bond acceptors (Lipinski definition) is 5. The lowest BCUT2D eigenvalue weighted by atomic mass is 10.2. The Bertz CT molecular complexity index is 985. The zero-order valence-electron chi connectivity index (χ0n) is 16.9. The predicted octanol–water partition coefficient (Wildman–Crippen LogP) is 3.57. The smallest absolute Gasteiger partial charge is 0.233 e. The molecule has 1 aliphatic heterocycles. The Morgan fingerprint density at radius 1 is 1.00 bits per heavy atom. The molecule has 0 saturated carbocycles.